The number of carbonyl (C=O) groups is 1. The number of hydrogen-bond donors (Lipinski definition) is 1. The van der Waals surface area contributed by atoms with Crippen molar-refractivity contribution in [1.82, 2.24) is 15.0 Å². The van der Waals surface area contributed by atoms with Crippen molar-refractivity contribution in [3.63, 3.8) is 0 Å². The molecule has 2 aromatic carbocycles. The molecule has 7 heteroatoms. The van der Waals surface area contributed by atoms with Crippen LogP contribution in [0.25, 0.3) is 16.9 Å². The Labute approximate surface area is 136 Å². The summed E-state index contributed by atoms with van der Waals surface area (Å²) in [5, 5.41) is 17.7. The Bertz CT molecular complexity index is 859. The minimum Gasteiger partial charge on any atom is -0.497 e. The normalized spacial score (nSPS) is 10.5. The van der Waals surface area contributed by atoms with Gasteiger partial charge < -0.3 is 9.84 Å². The molecule has 23 heavy (non-hydrogen) atoms. The molecule has 0 atom stereocenters. The van der Waals surface area contributed by atoms with E-state index in [-0.39, 0.29) is 5.69 Å². The molecule has 0 aliphatic heterocycles. The molecule has 0 unspecified atom stereocenters. The minimum absolute atomic E-state index is 0.129. The second-order valence-corrected chi connectivity index (χ2v) is 5.15. The van der Waals surface area contributed by atoms with Crippen molar-refractivity contribution in [2.75, 3.05) is 7.11 Å². The van der Waals surface area contributed by atoms with Crippen LogP contribution in [0.1, 0.15) is 10.5 Å². The van der Waals surface area contributed by atoms with Gasteiger partial charge in [-0.25, -0.2) is 9.48 Å². The molecule has 0 bridgehead atoms. The van der Waals surface area contributed by atoms with Crippen LogP contribution in [0.5, 0.6) is 5.75 Å². The molecule has 6 nitrogen and oxygen atoms in total. The van der Waals surface area contributed by atoms with E-state index in [1.54, 1.807) is 55.6 Å². The third-order valence-corrected chi connectivity index (χ3v) is 3.54. The van der Waals surface area contributed by atoms with E-state index in [1.165, 1.54) is 4.68 Å². The smallest absolute Gasteiger partial charge is 0.358 e. The van der Waals surface area contributed by atoms with Crippen LogP contribution >= 0.6 is 11.6 Å². The fraction of sp³-hybridized carbons (Fsp3) is 0.0625. The Balaban J connectivity index is 2.21. The molecule has 0 fully saturated rings. The lowest BCUT2D eigenvalue weighted by Crippen LogP contribution is -2.03. The van der Waals surface area contributed by atoms with Gasteiger partial charge in [-0.1, -0.05) is 35.0 Å². The monoisotopic (exact) mass is 329 g/mol. The molecule has 0 aliphatic carbocycles. The van der Waals surface area contributed by atoms with Crippen molar-refractivity contribution < 1.29 is 14.6 Å². The predicted octanol–water partition coefficient (Wildman–Crippen LogP) is 3.29. The first kappa shape index (κ1) is 15.1. The van der Waals surface area contributed by atoms with Crippen molar-refractivity contribution in [2.45, 2.75) is 0 Å². The van der Waals surface area contributed by atoms with Crippen LogP contribution in [0.4, 0.5) is 0 Å². The number of methoxy groups -OCH3 is 1. The van der Waals surface area contributed by atoms with E-state index in [9.17, 15) is 9.90 Å². The zero-order chi connectivity index (χ0) is 16.4. The SMILES string of the molecule is COc1cccc(-n2nnc(C(=O)O)c2-c2ccc(Cl)cc2)c1. The fourth-order valence-electron chi connectivity index (χ4n) is 2.22. The molecule has 0 spiro atoms. The Morgan fingerprint density at radius 1 is 1.22 bits per heavy atom. The summed E-state index contributed by atoms with van der Waals surface area (Å²) < 4.78 is 6.66. The third-order valence-electron chi connectivity index (χ3n) is 3.29. The van der Waals surface area contributed by atoms with Gasteiger partial charge in [0.25, 0.3) is 0 Å². The van der Waals surface area contributed by atoms with Gasteiger partial charge in [0.2, 0.25) is 0 Å². The Kier molecular flexibility index (Phi) is 3.99. The van der Waals surface area contributed by atoms with E-state index in [2.05, 4.69) is 10.3 Å². The summed E-state index contributed by atoms with van der Waals surface area (Å²) in [6, 6.07) is 14.0. The molecule has 0 amide bonds. The van der Waals surface area contributed by atoms with Gasteiger partial charge in [0, 0.05) is 16.7 Å². The first-order chi connectivity index (χ1) is 11.1. The van der Waals surface area contributed by atoms with Gasteiger partial charge >= 0.3 is 5.97 Å². The number of carboxylic acids is 1. The Morgan fingerprint density at radius 3 is 2.61 bits per heavy atom. The van der Waals surface area contributed by atoms with E-state index in [0.29, 0.717) is 27.7 Å². The number of hydrogen-bond acceptors (Lipinski definition) is 4. The maximum atomic E-state index is 11.5. The van der Waals surface area contributed by atoms with Crippen LogP contribution in [0.2, 0.25) is 5.02 Å². The van der Waals surface area contributed by atoms with E-state index >= 15 is 0 Å². The third kappa shape index (κ3) is 2.89. The van der Waals surface area contributed by atoms with Crippen LogP contribution in [0.3, 0.4) is 0 Å². The summed E-state index contributed by atoms with van der Waals surface area (Å²) >= 11 is 5.90. The maximum Gasteiger partial charge on any atom is 0.358 e. The number of aromatic carboxylic acids is 1. The number of halogens is 1. The van der Waals surface area contributed by atoms with Crippen molar-refractivity contribution in [2.24, 2.45) is 0 Å². The first-order valence-electron chi connectivity index (χ1n) is 6.69. The molecule has 1 heterocycles. The summed E-state index contributed by atoms with van der Waals surface area (Å²) in [5.74, 6) is -0.513. The molecule has 0 saturated heterocycles. The van der Waals surface area contributed by atoms with Crippen molar-refractivity contribution >= 4 is 17.6 Å². The van der Waals surface area contributed by atoms with Gasteiger partial charge in [-0.15, -0.1) is 5.10 Å². The van der Waals surface area contributed by atoms with Gasteiger partial charge in [-0.2, -0.15) is 0 Å². The van der Waals surface area contributed by atoms with E-state index in [4.69, 9.17) is 16.3 Å². The van der Waals surface area contributed by atoms with Crippen LogP contribution in [0, 0.1) is 0 Å². The zero-order valence-corrected chi connectivity index (χ0v) is 12.9. The Morgan fingerprint density at radius 2 is 1.96 bits per heavy atom. The number of carboxylic acid groups (broad SMARTS) is 1. The molecular formula is C16H12ClN3O3. The van der Waals surface area contributed by atoms with Crippen molar-refractivity contribution in [3.05, 3.63) is 59.2 Å². The van der Waals surface area contributed by atoms with Gasteiger partial charge in [-0.05, 0) is 24.3 Å². The number of aromatic nitrogens is 3. The van der Waals surface area contributed by atoms with Crippen LogP contribution in [-0.4, -0.2) is 33.2 Å². The predicted molar refractivity (Wildman–Crippen MR) is 85.3 cm³/mol. The molecule has 1 N–H and O–H groups in total. The summed E-state index contributed by atoms with van der Waals surface area (Å²) in [6.07, 6.45) is 0. The summed E-state index contributed by atoms with van der Waals surface area (Å²) in [7, 11) is 1.56. The fourth-order valence-corrected chi connectivity index (χ4v) is 2.34. The standard InChI is InChI=1S/C16H12ClN3O3/c1-23-13-4-2-3-12(9-13)20-15(14(16(21)22)18-19-20)10-5-7-11(17)8-6-10/h2-9H,1H3,(H,21,22). The van der Waals surface area contributed by atoms with Gasteiger partial charge in [0.1, 0.15) is 11.4 Å². The highest BCUT2D eigenvalue weighted by Crippen LogP contribution is 2.27. The zero-order valence-electron chi connectivity index (χ0n) is 12.1. The highest BCUT2D eigenvalue weighted by Gasteiger charge is 2.21. The highest BCUT2D eigenvalue weighted by atomic mass is 35.5. The second kappa shape index (κ2) is 6.10. The number of benzene rings is 2. The second-order valence-electron chi connectivity index (χ2n) is 4.71. The topological polar surface area (TPSA) is 77.2 Å². The molecule has 3 aromatic rings. The lowest BCUT2D eigenvalue weighted by atomic mass is 10.1. The lowest BCUT2D eigenvalue weighted by molar-refractivity contribution is 0.0691. The van der Waals surface area contributed by atoms with E-state index in [0.717, 1.165) is 0 Å². The largest absolute Gasteiger partial charge is 0.497 e. The highest BCUT2D eigenvalue weighted by molar-refractivity contribution is 6.30. The summed E-state index contributed by atoms with van der Waals surface area (Å²) in [6.45, 7) is 0. The minimum atomic E-state index is -1.15. The Hall–Kier alpha value is -2.86. The van der Waals surface area contributed by atoms with E-state index in [1.807, 2.05) is 0 Å². The number of nitrogens with zero attached hydrogens (tertiary/aromatic N) is 3. The van der Waals surface area contributed by atoms with E-state index < -0.39 is 5.97 Å². The average molecular weight is 330 g/mol. The molecule has 3 rings (SSSR count). The summed E-state index contributed by atoms with van der Waals surface area (Å²) in [4.78, 5) is 11.5. The van der Waals surface area contributed by atoms with Gasteiger partial charge in [-0.3, -0.25) is 0 Å². The van der Waals surface area contributed by atoms with Crippen LogP contribution in [-0.2, 0) is 0 Å². The van der Waals surface area contributed by atoms with Crippen molar-refractivity contribution in [3.8, 4) is 22.7 Å². The molecule has 116 valence electrons. The first-order valence-corrected chi connectivity index (χ1v) is 7.07. The molecule has 1 aromatic heterocycles. The van der Waals surface area contributed by atoms with Crippen LogP contribution < -0.4 is 4.74 Å². The lowest BCUT2D eigenvalue weighted by Gasteiger charge is -2.09. The summed E-state index contributed by atoms with van der Waals surface area (Å²) in [5.41, 5.74) is 1.55. The molecule has 0 aliphatic rings. The quantitative estimate of drug-likeness (QED) is 0.794. The number of ether oxygens (including phenoxy) is 1. The van der Waals surface area contributed by atoms with Gasteiger partial charge in [0.15, 0.2) is 5.69 Å². The van der Waals surface area contributed by atoms with Crippen LogP contribution in [0.15, 0.2) is 48.5 Å². The maximum absolute atomic E-state index is 11.5. The number of rotatable bonds is 4. The molecule has 0 saturated carbocycles. The average Bonchev–Trinajstić information content (AvgIpc) is 3.01. The molecular weight excluding hydrogens is 318 g/mol. The van der Waals surface area contributed by atoms with Crippen molar-refractivity contribution in [1.29, 1.82) is 0 Å². The van der Waals surface area contributed by atoms with Gasteiger partial charge in [0.05, 0.1) is 12.8 Å². The molecule has 0 radical (unpaired) electrons.